The average Bonchev–Trinajstić information content (AvgIpc) is 1.72. The van der Waals surface area contributed by atoms with Crippen LogP contribution >= 0.6 is 11.6 Å². The number of likely N-dealkylation sites (tertiary alicyclic amines) is 1. The molecule has 3 aromatic heterocycles. The molecule has 1 aliphatic heterocycles. The molecular weight excluding hydrogens is 1530 g/mol. The molecule has 118 heavy (non-hydrogen) atoms. The van der Waals surface area contributed by atoms with Crippen LogP contribution in [-0.4, -0.2) is 196 Å². The van der Waals surface area contributed by atoms with Crippen LogP contribution in [0.5, 0.6) is 0 Å². The van der Waals surface area contributed by atoms with Crippen LogP contribution in [0.3, 0.4) is 0 Å². The van der Waals surface area contributed by atoms with Gasteiger partial charge in [0.2, 0.25) is 82.9 Å². The Bertz CT molecular complexity index is 4940. The minimum absolute atomic E-state index is 0.0159. The second-order valence-corrected chi connectivity index (χ2v) is 30.4. The van der Waals surface area contributed by atoms with Crippen LogP contribution in [0.4, 0.5) is 40.9 Å². The number of aromatic nitrogens is 7. The number of anilines is 7. The summed E-state index contributed by atoms with van der Waals surface area (Å²) in [5.74, 6) is -7.49. The van der Waals surface area contributed by atoms with Gasteiger partial charge in [0, 0.05) is 99.6 Å². The van der Waals surface area contributed by atoms with Crippen LogP contribution in [0.1, 0.15) is 94.2 Å². The van der Waals surface area contributed by atoms with Crippen molar-refractivity contribution in [3.63, 3.8) is 0 Å². The monoisotopic (exact) mass is 1630 g/mol. The quantitative estimate of drug-likeness (QED) is 0.0242. The van der Waals surface area contributed by atoms with Crippen molar-refractivity contribution in [1.29, 1.82) is 0 Å². The van der Waals surface area contributed by atoms with Crippen LogP contribution in [0, 0.1) is 5.92 Å². The molecule has 0 unspecified atom stereocenters. The number of H-pyrrole nitrogens is 2. The van der Waals surface area contributed by atoms with Crippen molar-refractivity contribution in [1.82, 2.24) is 87.7 Å². The highest BCUT2D eigenvalue weighted by Gasteiger charge is 2.41. The van der Waals surface area contributed by atoms with Gasteiger partial charge in [-0.3, -0.25) is 52.9 Å². The summed E-state index contributed by atoms with van der Waals surface area (Å²) in [5, 5.41) is 58.6. The van der Waals surface area contributed by atoms with E-state index in [-0.39, 0.29) is 87.2 Å². The number of aliphatic hydroxyl groups excluding tert-OH is 1. The molecule has 10 rings (SSSR count). The zero-order valence-corrected chi connectivity index (χ0v) is 67.3. The van der Waals surface area contributed by atoms with Crippen LogP contribution in [0.2, 0.25) is 5.02 Å². The lowest BCUT2D eigenvalue weighted by atomic mass is 9.98. The molecule has 0 saturated carbocycles. The maximum absolute atomic E-state index is 15.8. The number of pyridine rings is 1. The number of carbonyl (C=O) groups is 10. The molecule has 10 atom stereocenters. The number of amides is 10. The van der Waals surface area contributed by atoms with E-state index >= 15 is 28.8 Å². The van der Waals surface area contributed by atoms with Crippen LogP contribution in [-0.2, 0) is 86.5 Å². The van der Waals surface area contributed by atoms with E-state index in [4.69, 9.17) is 28.8 Å². The average molecular weight is 1630 g/mol. The lowest BCUT2D eigenvalue weighted by Gasteiger charge is -2.33. The van der Waals surface area contributed by atoms with Crippen molar-refractivity contribution < 1.29 is 53.1 Å². The number of nitrogen functional groups attached to an aromatic ring is 2. The molecule has 20 N–H and O–H groups in total. The molecule has 6 aromatic carbocycles. The van der Waals surface area contributed by atoms with Crippen LogP contribution in [0.15, 0.2) is 164 Å². The molecule has 34 nitrogen and oxygen atoms in total. The van der Waals surface area contributed by atoms with Gasteiger partial charge in [0.1, 0.15) is 54.4 Å². The Hall–Kier alpha value is -13.1. The summed E-state index contributed by atoms with van der Waals surface area (Å²) in [4.78, 5) is 163. The van der Waals surface area contributed by atoms with E-state index in [0.717, 1.165) is 21.4 Å². The van der Waals surface area contributed by atoms with Gasteiger partial charge in [0.25, 0.3) is 0 Å². The first-order valence-corrected chi connectivity index (χ1v) is 39.2. The zero-order valence-electron chi connectivity index (χ0n) is 66.6. The maximum atomic E-state index is 15.8. The summed E-state index contributed by atoms with van der Waals surface area (Å²) in [6.07, 6.45) is 2.21. The molecule has 9 aromatic rings. The van der Waals surface area contributed by atoms with Gasteiger partial charge in [-0.1, -0.05) is 123 Å². The molecule has 1 fully saturated rings. The molecule has 1 saturated heterocycles. The van der Waals surface area contributed by atoms with E-state index < -0.39 is 126 Å². The van der Waals surface area contributed by atoms with Gasteiger partial charge in [-0.2, -0.15) is 9.97 Å². The third-order valence-electron chi connectivity index (χ3n) is 19.6. The smallest absolute Gasteiger partial charge is 0.248 e. The molecule has 10 amide bonds. The Labute approximate surface area is 687 Å². The van der Waals surface area contributed by atoms with Crippen molar-refractivity contribution >= 4 is 122 Å². The molecule has 35 heteroatoms. The Morgan fingerprint density at radius 3 is 1.48 bits per heavy atom. The summed E-state index contributed by atoms with van der Waals surface area (Å²) in [7, 11) is 1.27. The molecule has 0 radical (unpaired) electrons. The molecule has 0 bridgehead atoms. The van der Waals surface area contributed by atoms with Gasteiger partial charge in [-0.25, -0.2) is 10.2 Å². The highest BCUT2D eigenvalue weighted by Crippen LogP contribution is 2.25. The number of hydrogen-bond acceptors (Lipinski definition) is 22. The summed E-state index contributed by atoms with van der Waals surface area (Å²) >= 11 is 6.30. The fraction of sp³-hybridized carbons (Fsp3) is 0.361. The normalized spacial score (nSPS) is 14.8. The Balaban J connectivity index is 0.951. The third kappa shape index (κ3) is 25.5. The van der Waals surface area contributed by atoms with E-state index in [9.17, 15) is 24.3 Å². The van der Waals surface area contributed by atoms with Gasteiger partial charge in [0.15, 0.2) is 0 Å². The number of nitrogens with zero attached hydrogens (tertiary/aromatic N) is 7. The summed E-state index contributed by atoms with van der Waals surface area (Å²) in [6, 6.07) is 31.2. The molecule has 622 valence electrons. The number of likely N-dealkylation sites (N-methyl/N-ethyl adjacent to an activating group) is 1. The van der Waals surface area contributed by atoms with Crippen molar-refractivity contribution in [2.45, 2.75) is 166 Å². The van der Waals surface area contributed by atoms with Crippen molar-refractivity contribution in [2.75, 3.05) is 47.6 Å². The predicted molar refractivity (Wildman–Crippen MR) is 447 cm³/mol. The summed E-state index contributed by atoms with van der Waals surface area (Å²) in [6.45, 7) is 9.67. The maximum Gasteiger partial charge on any atom is 0.248 e. The Morgan fingerprint density at radius 1 is 0.525 bits per heavy atom. The van der Waals surface area contributed by atoms with Gasteiger partial charge >= 0.3 is 0 Å². The Morgan fingerprint density at radius 2 is 0.983 bits per heavy atom. The first-order chi connectivity index (χ1) is 56.5. The van der Waals surface area contributed by atoms with Crippen molar-refractivity contribution in [2.24, 2.45) is 11.7 Å². The number of nitrogens with two attached hydrogens (primary N) is 3. The minimum Gasteiger partial charge on any atom is -0.394 e. The van der Waals surface area contributed by atoms with E-state index in [1.165, 1.54) is 31.3 Å². The first-order valence-electron chi connectivity index (χ1n) is 38.9. The molecule has 0 spiro atoms. The fourth-order valence-corrected chi connectivity index (χ4v) is 13.9. The second-order valence-electron chi connectivity index (χ2n) is 30.0. The van der Waals surface area contributed by atoms with E-state index in [2.05, 4.69) is 93.8 Å². The third-order valence-corrected chi connectivity index (χ3v) is 19.8. The van der Waals surface area contributed by atoms with Gasteiger partial charge < -0.3 is 90.6 Å². The molecule has 1 aliphatic rings. The van der Waals surface area contributed by atoms with Gasteiger partial charge in [0.05, 0.1) is 12.8 Å². The van der Waals surface area contributed by atoms with E-state index in [1.54, 1.807) is 91.9 Å². The topological polar surface area (TPSA) is 504 Å². The molecular formula is C83H102ClN23O11. The fourth-order valence-electron chi connectivity index (χ4n) is 13.8. The number of halogens is 1. The lowest BCUT2D eigenvalue weighted by molar-refractivity contribution is -0.144. The number of carbonyl (C=O) groups excluding carboxylic acids is 10. The summed E-state index contributed by atoms with van der Waals surface area (Å²) < 4.78 is 0. The first kappa shape index (κ1) is 87.3. The van der Waals surface area contributed by atoms with E-state index in [0.29, 0.717) is 62.6 Å². The van der Waals surface area contributed by atoms with Crippen molar-refractivity contribution in [3.8, 4) is 0 Å². The number of rotatable bonds is 39. The second kappa shape index (κ2) is 41.5. The number of nitrogens with one attached hydrogen (secondary N) is 13. The number of benzene rings is 6. The number of fused-ring (bicyclic) bond motifs is 1. The number of aliphatic hydroxyl groups is 1. The lowest BCUT2D eigenvalue weighted by Crippen LogP contribution is -2.62. The predicted octanol–water partition coefficient (Wildman–Crippen LogP) is 4.04. The van der Waals surface area contributed by atoms with E-state index in [1.807, 2.05) is 94.4 Å². The molecule has 4 heterocycles. The van der Waals surface area contributed by atoms with Crippen molar-refractivity contribution in [3.05, 3.63) is 202 Å². The minimum atomic E-state index is -1.84. The highest BCUT2D eigenvalue weighted by molar-refractivity contribution is 6.30. The standard InChI is InChI=1S/C83H102ClN23O11/c1-46(2)36-62(71(110)98-67(40-52-19-28-59(29-20-52)89-47(3)4)79(118)107-35-11-15-69(107)76(115)90-48(5)85)94-74(113)65(39-51-21-30-60(31-22-51)92-82-100-80(86)102-104-82)97-77(116)70(43-53-23-32-61(33-24-53)93-83-101-81(87)103-105-83)106(7)78(117)68(45-108)99-75(114)66(42-55-12-10-34-88-44-55)96-73(112)64(38-50-17-26-58(84)27-18-50)95-72(111)63(91-49(6)109)41-54-16-25-56-13-8-9-14-57(56)37-54/h8-10,12-14,16-34,37,44,46-48,62-70,89,108H,11,15,35-36,38-43,45,85H2,1-7H3,(H,90,115)(H,91,109)(H,94,113)(H,95,111)(H,96,112)(H,97,116)(H,98,110)(H,99,114)(H4,86,92,100,102,104)(H4,87,93,101,103,105)/t48-,62+,63-,64-,65-,66-,67+,68+,69+,70+/m1/s1. The number of hydrogen-bond donors (Lipinski definition) is 17. The Kier molecular flexibility index (Phi) is 30.7. The zero-order chi connectivity index (χ0) is 84.7. The largest absolute Gasteiger partial charge is 0.394 e. The van der Waals surface area contributed by atoms with Crippen LogP contribution < -0.4 is 75.7 Å². The van der Waals surface area contributed by atoms with Gasteiger partial charge in [-0.05, 0) is 145 Å². The molecule has 0 aliphatic carbocycles. The number of aromatic amines is 2. The van der Waals surface area contributed by atoms with Gasteiger partial charge in [-0.15, -0.1) is 10.2 Å². The summed E-state index contributed by atoms with van der Waals surface area (Å²) in [5.41, 5.74) is 22.7. The highest BCUT2D eigenvalue weighted by atomic mass is 35.5. The van der Waals surface area contributed by atoms with Crippen LogP contribution in [0.25, 0.3) is 10.8 Å². The SMILES string of the molecule is CC(=O)N[C@H](Cc1ccc2ccccc2c1)C(=O)N[C@H](Cc1ccc(Cl)cc1)C(=O)N[C@H](Cc1cccnc1)C(=O)N[C@@H](CO)C(=O)N(C)[C@@H](Cc1ccc(Nc2n[nH]c(N)n2)cc1)C(=O)N[C@H](Cc1ccc(Nc2n[nH]c(N)n2)cc1)C(=O)N[C@@H](CC(C)C)C(=O)N[C@@H](Cc1ccc(NC(C)C)cc1)C(=O)N1CCC[C@H]1C(=O)N[C@H](C)N.